The molecule has 0 radical (unpaired) electrons. The van der Waals surface area contributed by atoms with Crippen LogP contribution in [0, 0.1) is 0 Å². The van der Waals surface area contributed by atoms with Crippen molar-refractivity contribution in [3.63, 3.8) is 0 Å². The quantitative estimate of drug-likeness (QED) is 0.840. The van der Waals surface area contributed by atoms with Crippen molar-refractivity contribution in [2.75, 3.05) is 25.5 Å². The highest BCUT2D eigenvalue weighted by molar-refractivity contribution is 9.10. The second kappa shape index (κ2) is 7.13. The van der Waals surface area contributed by atoms with Gasteiger partial charge in [0.15, 0.2) is 0 Å². The van der Waals surface area contributed by atoms with Crippen molar-refractivity contribution in [2.45, 2.75) is 6.42 Å². The van der Waals surface area contributed by atoms with Crippen molar-refractivity contribution < 1.29 is 14.7 Å². The van der Waals surface area contributed by atoms with E-state index in [-0.39, 0.29) is 18.9 Å². The molecule has 1 rings (SSSR count). The lowest BCUT2D eigenvalue weighted by Crippen LogP contribution is -2.29. The maximum Gasteiger partial charge on any atom is 0.317 e. The molecule has 0 heterocycles. The first kappa shape index (κ1) is 14.7. The molecule has 1 aromatic carbocycles. The highest BCUT2D eigenvalue weighted by Gasteiger charge is 2.07. The molecule has 0 saturated heterocycles. The van der Waals surface area contributed by atoms with Crippen LogP contribution in [-0.4, -0.2) is 42.0 Å². The van der Waals surface area contributed by atoms with Crippen LogP contribution in [0.2, 0.25) is 0 Å². The molecule has 0 spiro atoms. The monoisotopic (exact) mass is 314 g/mol. The van der Waals surface area contributed by atoms with E-state index in [1.807, 2.05) is 12.1 Å². The average Bonchev–Trinajstić information content (AvgIpc) is 2.25. The number of likely N-dealkylation sites (N-methyl/N-ethyl adjacent to an activating group) is 1. The molecule has 0 fully saturated rings. The number of nitrogens with zero attached hydrogens (tertiary/aromatic N) is 1. The third-order valence-corrected chi connectivity index (χ3v) is 2.73. The third-order valence-electron chi connectivity index (χ3n) is 2.23. The summed E-state index contributed by atoms with van der Waals surface area (Å²) >= 11 is 3.32. The molecule has 0 bridgehead atoms. The van der Waals surface area contributed by atoms with Gasteiger partial charge in [0.2, 0.25) is 5.91 Å². The summed E-state index contributed by atoms with van der Waals surface area (Å²) in [5.74, 6) is -1.03. The van der Waals surface area contributed by atoms with Crippen LogP contribution < -0.4 is 5.32 Å². The summed E-state index contributed by atoms with van der Waals surface area (Å²) < 4.78 is 0.892. The van der Waals surface area contributed by atoms with E-state index in [4.69, 9.17) is 5.11 Å². The van der Waals surface area contributed by atoms with Gasteiger partial charge in [0.1, 0.15) is 0 Å². The number of nitrogens with one attached hydrogen (secondary N) is 1. The van der Waals surface area contributed by atoms with Crippen molar-refractivity contribution in [1.82, 2.24) is 4.90 Å². The van der Waals surface area contributed by atoms with E-state index in [0.29, 0.717) is 6.54 Å². The van der Waals surface area contributed by atoms with E-state index < -0.39 is 5.97 Å². The lowest BCUT2D eigenvalue weighted by Gasteiger charge is -2.13. The molecule has 0 aliphatic carbocycles. The molecular formula is C12H15BrN2O3. The molecule has 2 N–H and O–H groups in total. The molecule has 0 unspecified atom stereocenters. The lowest BCUT2D eigenvalue weighted by molar-refractivity contribution is -0.138. The summed E-state index contributed by atoms with van der Waals surface area (Å²) in [6, 6.07) is 7.30. The minimum absolute atomic E-state index is 0.0653. The highest BCUT2D eigenvalue weighted by atomic mass is 79.9. The van der Waals surface area contributed by atoms with Crippen LogP contribution in [0.25, 0.3) is 0 Å². The van der Waals surface area contributed by atoms with Crippen molar-refractivity contribution in [2.24, 2.45) is 0 Å². The van der Waals surface area contributed by atoms with Gasteiger partial charge in [0.05, 0.1) is 6.54 Å². The molecule has 6 heteroatoms. The number of hydrogen-bond donors (Lipinski definition) is 2. The first-order valence-corrected chi connectivity index (χ1v) is 6.22. The Morgan fingerprint density at radius 2 is 2.17 bits per heavy atom. The Hall–Kier alpha value is -1.40. The van der Waals surface area contributed by atoms with Gasteiger partial charge < -0.3 is 10.4 Å². The number of aliphatic carboxylic acids is 1. The molecule has 0 atom stereocenters. The Labute approximate surface area is 114 Å². The van der Waals surface area contributed by atoms with Crippen LogP contribution in [-0.2, 0) is 9.59 Å². The van der Waals surface area contributed by atoms with Gasteiger partial charge in [0, 0.05) is 23.1 Å². The van der Waals surface area contributed by atoms with Gasteiger partial charge in [-0.05, 0) is 25.2 Å². The normalized spacial score (nSPS) is 10.4. The van der Waals surface area contributed by atoms with Crippen LogP contribution in [0.4, 0.5) is 5.69 Å². The van der Waals surface area contributed by atoms with Gasteiger partial charge >= 0.3 is 5.97 Å². The summed E-state index contributed by atoms with van der Waals surface area (Å²) in [7, 11) is 1.67. The fourth-order valence-electron chi connectivity index (χ4n) is 1.39. The second-order valence-electron chi connectivity index (χ2n) is 3.94. The van der Waals surface area contributed by atoms with Crippen LogP contribution in [0.1, 0.15) is 6.42 Å². The van der Waals surface area contributed by atoms with Gasteiger partial charge in [-0.25, -0.2) is 0 Å². The average molecular weight is 315 g/mol. The molecular weight excluding hydrogens is 300 g/mol. The van der Waals surface area contributed by atoms with Crippen molar-refractivity contribution in [3.8, 4) is 0 Å². The third kappa shape index (κ3) is 5.79. The summed E-state index contributed by atoms with van der Waals surface area (Å²) in [5.41, 5.74) is 0.718. The predicted molar refractivity (Wildman–Crippen MR) is 72.5 cm³/mol. The second-order valence-corrected chi connectivity index (χ2v) is 4.86. The van der Waals surface area contributed by atoms with Crippen LogP contribution in [0.5, 0.6) is 0 Å². The summed E-state index contributed by atoms with van der Waals surface area (Å²) in [5, 5.41) is 11.3. The van der Waals surface area contributed by atoms with E-state index in [9.17, 15) is 9.59 Å². The molecule has 0 saturated carbocycles. The number of carboxylic acid groups (broad SMARTS) is 1. The van der Waals surface area contributed by atoms with Crippen molar-refractivity contribution >= 4 is 33.5 Å². The van der Waals surface area contributed by atoms with E-state index in [1.165, 1.54) is 0 Å². The smallest absolute Gasteiger partial charge is 0.317 e. The fourth-order valence-corrected chi connectivity index (χ4v) is 1.79. The number of anilines is 1. The molecule has 0 aliphatic rings. The number of halogens is 1. The maximum atomic E-state index is 11.6. The lowest BCUT2D eigenvalue weighted by atomic mass is 10.3. The van der Waals surface area contributed by atoms with Gasteiger partial charge in [-0.1, -0.05) is 22.0 Å². The van der Waals surface area contributed by atoms with Crippen molar-refractivity contribution in [1.29, 1.82) is 0 Å². The first-order valence-electron chi connectivity index (χ1n) is 5.43. The number of rotatable bonds is 6. The molecule has 1 amide bonds. The topological polar surface area (TPSA) is 69.6 Å². The Bertz CT molecular complexity index is 437. The highest BCUT2D eigenvalue weighted by Crippen LogP contribution is 2.15. The minimum Gasteiger partial charge on any atom is -0.480 e. The number of carbonyl (C=O) groups is 2. The molecule has 5 nitrogen and oxygen atoms in total. The number of hydrogen-bond acceptors (Lipinski definition) is 3. The van der Waals surface area contributed by atoms with E-state index >= 15 is 0 Å². The minimum atomic E-state index is -0.898. The number of amides is 1. The van der Waals surface area contributed by atoms with Crippen LogP contribution in [0.15, 0.2) is 28.7 Å². The summed E-state index contributed by atoms with van der Waals surface area (Å²) in [4.78, 5) is 23.6. The van der Waals surface area contributed by atoms with Crippen molar-refractivity contribution in [3.05, 3.63) is 28.7 Å². The summed E-state index contributed by atoms with van der Waals surface area (Å²) in [6.45, 7) is 0.344. The maximum absolute atomic E-state index is 11.6. The predicted octanol–water partition coefficient (Wildman–Crippen LogP) is 1.79. The molecule has 98 valence electrons. The molecule has 1 aromatic rings. The Morgan fingerprint density at radius 3 is 2.78 bits per heavy atom. The number of benzene rings is 1. The Kier molecular flexibility index (Phi) is 5.80. The zero-order chi connectivity index (χ0) is 13.5. The van der Waals surface area contributed by atoms with Gasteiger partial charge in [-0.3, -0.25) is 14.5 Å². The van der Waals surface area contributed by atoms with E-state index in [1.54, 1.807) is 24.1 Å². The fraction of sp³-hybridized carbons (Fsp3) is 0.333. The van der Waals surface area contributed by atoms with Crippen LogP contribution >= 0.6 is 15.9 Å². The Morgan fingerprint density at radius 1 is 1.44 bits per heavy atom. The van der Waals surface area contributed by atoms with E-state index in [2.05, 4.69) is 21.2 Å². The molecule has 0 aliphatic heterocycles. The summed E-state index contributed by atoms with van der Waals surface area (Å²) in [6.07, 6.45) is 0.260. The van der Waals surface area contributed by atoms with Gasteiger partial charge in [-0.15, -0.1) is 0 Å². The Balaban J connectivity index is 2.36. The standard InChI is InChI=1S/C12H15BrN2O3/c1-15(8-12(17)18)6-5-11(16)14-10-4-2-3-9(13)7-10/h2-4,7H,5-6,8H2,1H3,(H,14,16)(H,17,18). The van der Waals surface area contributed by atoms with Gasteiger partial charge in [0.25, 0.3) is 0 Å². The van der Waals surface area contributed by atoms with Gasteiger partial charge in [-0.2, -0.15) is 0 Å². The zero-order valence-electron chi connectivity index (χ0n) is 10.0. The largest absolute Gasteiger partial charge is 0.480 e. The zero-order valence-corrected chi connectivity index (χ0v) is 11.6. The number of carboxylic acids is 1. The SMILES string of the molecule is CN(CCC(=O)Nc1cccc(Br)c1)CC(=O)O. The van der Waals surface area contributed by atoms with E-state index in [0.717, 1.165) is 10.2 Å². The molecule has 18 heavy (non-hydrogen) atoms. The first-order chi connectivity index (χ1) is 8.47. The number of carbonyl (C=O) groups excluding carboxylic acids is 1. The van der Waals surface area contributed by atoms with Crippen LogP contribution in [0.3, 0.4) is 0 Å². The molecule has 0 aromatic heterocycles.